The number of hydrogen-bond acceptors (Lipinski definition) is 4. The van der Waals surface area contributed by atoms with Crippen molar-refractivity contribution in [2.24, 2.45) is 5.14 Å². The lowest BCUT2D eigenvalue weighted by Gasteiger charge is -2.11. The molecular formula is C20H20FN3O4S. The number of aromatic nitrogens is 1. The minimum atomic E-state index is -4.03. The number of methoxy groups -OCH3 is 1. The summed E-state index contributed by atoms with van der Waals surface area (Å²) in [5.74, 6) is -0.684. The minimum Gasteiger partial charge on any atom is -0.495 e. The van der Waals surface area contributed by atoms with E-state index in [4.69, 9.17) is 9.88 Å². The van der Waals surface area contributed by atoms with Gasteiger partial charge in [-0.15, -0.1) is 0 Å². The topological polar surface area (TPSA) is 103 Å². The number of nitrogens with two attached hydrogens (primary N) is 1. The first-order valence-corrected chi connectivity index (χ1v) is 10.1. The van der Waals surface area contributed by atoms with Crippen LogP contribution < -0.4 is 15.2 Å². The number of amides is 1. The maximum atomic E-state index is 13.2. The molecule has 0 fully saturated rings. The Kier molecular flexibility index (Phi) is 5.45. The molecule has 0 saturated heterocycles. The van der Waals surface area contributed by atoms with Gasteiger partial charge in [0.1, 0.15) is 16.5 Å². The zero-order chi connectivity index (χ0) is 21.3. The average molecular weight is 417 g/mol. The smallest absolute Gasteiger partial charge is 0.257 e. The summed E-state index contributed by atoms with van der Waals surface area (Å²) in [7, 11) is -2.70. The number of sulfonamides is 1. The molecule has 3 rings (SSSR count). The molecular weight excluding hydrogens is 397 g/mol. The van der Waals surface area contributed by atoms with Crippen molar-refractivity contribution in [1.29, 1.82) is 0 Å². The Labute approximate surface area is 168 Å². The van der Waals surface area contributed by atoms with Crippen LogP contribution in [0, 0.1) is 19.7 Å². The van der Waals surface area contributed by atoms with Crippen LogP contribution in [0.15, 0.2) is 53.4 Å². The minimum absolute atomic E-state index is 0.0833. The van der Waals surface area contributed by atoms with Gasteiger partial charge in [-0.25, -0.2) is 17.9 Å². The van der Waals surface area contributed by atoms with Crippen molar-refractivity contribution < 1.29 is 22.3 Å². The number of hydrogen-bond donors (Lipinski definition) is 2. The van der Waals surface area contributed by atoms with Crippen LogP contribution >= 0.6 is 0 Å². The zero-order valence-electron chi connectivity index (χ0n) is 16.1. The number of nitrogens with zero attached hydrogens (tertiary/aromatic N) is 1. The summed E-state index contributed by atoms with van der Waals surface area (Å²) in [5, 5.41) is 7.89. The summed E-state index contributed by atoms with van der Waals surface area (Å²) in [6.45, 7) is 3.61. The molecule has 0 aliphatic carbocycles. The molecule has 1 aromatic heterocycles. The fourth-order valence-corrected chi connectivity index (χ4v) is 3.88. The van der Waals surface area contributed by atoms with E-state index in [1.165, 1.54) is 37.4 Å². The molecule has 3 N–H and O–H groups in total. The van der Waals surface area contributed by atoms with E-state index in [-0.39, 0.29) is 22.1 Å². The van der Waals surface area contributed by atoms with Gasteiger partial charge in [0, 0.05) is 22.8 Å². The maximum absolute atomic E-state index is 13.2. The number of ether oxygens (including phenoxy) is 1. The van der Waals surface area contributed by atoms with Gasteiger partial charge in [-0.2, -0.15) is 0 Å². The summed E-state index contributed by atoms with van der Waals surface area (Å²) in [6, 6.07) is 11.8. The third kappa shape index (κ3) is 4.15. The first-order chi connectivity index (χ1) is 13.6. The van der Waals surface area contributed by atoms with Crippen LogP contribution in [0.5, 0.6) is 5.75 Å². The van der Waals surface area contributed by atoms with Crippen LogP contribution in [0.2, 0.25) is 0 Å². The lowest BCUT2D eigenvalue weighted by molar-refractivity contribution is 0.102. The second kappa shape index (κ2) is 7.69. The van der Waals surface area contributed by atoms with Gasteiger partial charge in [-0.3, -0.25) is 4.79 Å². The molecule has 0 aliphatic heterocycles. The predicted octanol–water partition coefficient (Wildman–Crippen LogP) is 3.14. The highest BCUT2D eigenvalue weighted by atomic mass is 32.2. The Hall–Kier alpha value is -3.17. The molecule has 1 heterocycles. The lowest BCUT2D eigenvalue weighted by Crippen LogP contribution is -2.16. The van der Waals surface area contributed by atoms with E-state index < -0.39 is 15.9 Å². The second-order valence-electron chi connectivity index (χ2n) is 6.46. The summed E-state index contributed by atoms with van der Waals surface area (Å²) in [6.07, 6.45) is 0. The summed E-state index contributed by atoms with van der Waals surface area (Å²) in [5.41, 5.74) is 2.83. The highest BCUT2D eigenvalue weighted by Crippen LogP contribution is 2.27. The van der Waals surface area contributed by atoms with Crippen LogP contribution in [-0.4, -0.2) is 26.0 Å². The number of halogens is 1. The van der Waals surface area contributed by atoms with Gasteiger partial charge < -0.3 is 14.6 Å². The van der Waals surface area contributed by atoms with Gasteiger partial charge in [-0.05, 0) is 62.4 Å². The Balaban J connectivity index is 1.95. The molecule has 0 atom stereocenters. The molecule has 1 amide bonds. The first kappa shape index (κ1) is 20.6. The Morgan fingerprint density at radius 2 is 1.76 bits per heavy atom. The number of rotatable bonds is 5. The van der Waals surface area contributed by atoms with Crippen LogP contribution in [0.1, 0.15) is 21.7 Å². The quantitative estimate of drug-likeness (QED) is 0.666. The number of benzene rings is 2. The van der Waals surface area contributed by atoms with Crippen LogP contribution in [0.3, 0.4) is 0 Å². The van der Waals surface area contributed by atoms with Crippen molar-refractivity contribution in [3.8, 4) is 11.4 Å². The normalized spacial score (nSPS) is 11.3. The average Bonchev–Trinajstić information content (AvgIpc) is 2.96. The van der Waals surface area contributed by atoms with E-state index in [1.807, 2.05) is 11.5 Å². The van der Waals surface area contributed by atoms with E-state index in [9.17, 15) is 17.6 Å². The number of primary sulfonamides is 1. The van der Waals surface area contributed by atoms with E-state index in [1.54, 1.807) is 25.1 Å². The molecule has 0 unspecified atom stereocenters. The predicted molar refractivity (Wildman–Crippen MR) is 108 cm³/mol. The molecule has 0 radical (unpaired) electrons. The molecule has 0 bridgehead atoms. The Morgan fingerprint density at radius 3 is 2.34 bits per heavy atom. The van der Waals surface area contributed by atoms with Gasteiger partial charge >= 0.3 is 0 Å². The zero-order valence-corrected chi connectivity index (χ0v) is 16.9. The first-order valence-electron chi connectivity index (χ1n) is 8.59. The molecule has 0 aliphatic rings. The van der Waals surface area contributed by atoms with Crippen molar-refractivity contribution in [2.75, 3.05) is 12.4 Å². The number of carbonyl (C=O) groups is 1. The van der Waals surface area contributed by atoms with Crippen molar-refractivity contribution in [3.63, 3.8) is 0 Å². The fourth-order valence-electron chi connectivity index (χ4n) is 3.16. The van der Waals surface area contributed by atoms with E-state index in [2.05, 4.69) is 5.32 Å². The van der Waals surface area contributed by atoms with Crippen molar-refractivity contribution in [2.45, 2.75) is 18.7 Å². The highest BCUT2D eigenvalue weighted by molar-refractivity contribution is 7.89. The standard InChI is InChI=1S/C20H20FN3O4S/c1-12-10-17(13(2)24(12)16-7-4-14(21)5-8-16)20(25)23-15-6-9-18(28-3)19(11-15)29(22,26)27/h4-11H,1-3H3,(H,23,25)(H2,22,26,27). The third-order valence-corrected chi connectivity index (χ3v) is 5.42. The van der Waals surface area contributed by atoms with E-state index >= 15 is 0 Å². The number of carbonyl (C=O) groups excluding carboxylic acids is 1. The summed E-state index contributed by atoms with van der Waals surface area (Å²) in [4.78, 5) is 12.6. The third-order valence-electron chi connectivity index (χ3n) is 4.49. The molecule has 0 spiro atoms. The molecule has 7 nitrogen and oxygen atoms in total. The molecule has 0 saturated carbocycles. The van der Waals surface area contributed by atoms with Crippen molar-refractivity contribution >= 4 is 21.6 Å². The van der Waals surface area contributed by atoms with E-state index in [0.29, 0.717) is 11.3 Å². The Morgan fingerprint density at radius 1 is 1.10 bits per heavy atom. The van der Waals surface area contributed by atoms with Crippen molar-refractivity contribution in [1.82, 2.24) is 4.57 Å². The fraction of sp³-hybridized carbons (Fsp3) is 0.150. The van der Waals surface area contributed by atoms with Gasteiger partial charge in [-0.1, -0.05) is 0 Å². The molecule has 29 heavy (non-hydrogen) atoms. The van der Waals surface area contributed by atoms with Crippen LogP contribution in [0.4, 0.5) is 10.1 Å². The lowest BCUT2D eigenvalue weighted by atomic mass is 10.2. The molecule has 9 heteroatoms. The largest absolute Gasteiger partial charge is 0.495 e. The number of anilines is 1. The summed E-state index contributed by atoms with van der Waals surface area (Å²) >= 11 is 0. The SMILES string of the molecule is COc1ccc(NC(=O)c2cc(C)n(-c3ccc(F)cc3)c2C)cc1S(N)(=O)=O. The highest BCUT2D eigenvalue weighted by Gasteiger charge is 2.19. The summed E-state index contributed by atoms with van der Waals surface area (Å²) < 4.78 is 43.6. The molecule has 152 valence electrons. The van der Waals surface area contributed by atoms with Gasteiger partial charge in [0.15, 0.2) is 0 Å². The van der Waals surface area contributed by atoms with Gasteiger partial charge in [0.05, 0.1) is 12.7 Å². The Bertz CT molecular complexity index is 1190. The maximum Gasteiger partial charge on any atom is 0.257 e. The number of aryl methyl sites for hydroxylation is 1. The van der Waals surface area contributed by atoms with Crippen LogP contribution in [0.25, 0.3) is 5.69 Å². The monoisotopic (exact) mass is 417 g/mol. The van der Waals surface area contributed by atoms with Crippen LogP contribution in [-0.2, 0) is 10.0 Å². The molecule has 3 aromatic rings. The van der Waals surface area contributed by atoms with E-state index in [0.717, 1.165) is 11.4 Å². The second-order valence-corrected chi connectivity index (χ2v) is 7.99. The van der Waals surface area contributed by atoms with Gasteiger partial charge in [0.2, 0.25) is 10.0 Å². The van der Waals surface area contributed by atoms with Crippen molar-refractivity contribution in [3.05, 3.63) is 71.3 Å². The molecule has 2 aromatic carbocycles. The number of nitrogens with one attached hydrogen (secondary N) is 1. The van der Waals surface area contributed by atoms with Gasteiger partial charge in [0.25, 0.3) is 5.91 Å².